The number of halogens is 4. The lowest BCUT2D eigenvalue weighted by Gasteiger charge is -2.11. The minimum absolute atomic E-state index is 0.0834. The third kappa shape index (κ3) is 2.00. The van der Waals surface area contributed by atoms with Gasteiger partial charge in [0, 0.05) is 6.20 Å². The van der Waals surface area contributed by atoms with Crippen LogP contribution in [0.2, 0.25) is 0 Å². The van der Waals surface area contributed by atoms with Crippen molar-refractivity contribution in [2.45, 2.75) is 12.2 Å². The van der Waals surface area contributed by atoms with Gasteiger partial charge in [0.25, 0.3) is 5.56 Å². The molecule has 0 saturated carbocycles. The molecule has 0 aliphatic rings. The average molecular weight is 263 g/mol. The van der Waals surface area contributed by atoms with E-state index in [2.05, 4.69) is 4.98 Å². The van der Waals surface area contributed by atoms with E-state index >= 15 is 0 Å². The summed E-state index contributed by atoms with van der Waals surface area (Å²) in [6.07, 6.45) is -3.36. The van der Waals surface area contributed by atoms with Crippen molar-refractivity contribution in [3.63, 3.8) is 0 Å². The van der Waals surface area contributed by atoms with Gasteiger partial charge in [0.1, 0.15) is 11.6 Å². The molecular weight excluding hydrogens is 257 g/mol. The second-order valence-corrected chi connectivity index (χ2v) is 3.56. The first-order chi connectivity index (χ1) is 7.95. The SMILES string of the molecule is O=c1c(C(F)(F)F)cc2ncccc2n1CCl. The Kier molecular flexibility index (Phi) is 2.82. The van der Waals surface area contributed by atoms with Crippen molar-refractivity contribution in [3.8, 4) is 0 Å². The molecule has 90 valence electrons. The van der Waals surface area contributed by atoms with E-state index in [1.807, 2.05) is 0 Å². The van der Waals surface area contributed by atoms with E-state index in [1.165, 1.54) is 18.3 Å². The molecule has 17 heavy (non-hydrogen) atoms. The summed E-state index contributed by atoms with van der Waals surface area (Å²) in [7, 11) is 0. The third-order valence-electron chi connectivity index (χ3n) is 2.29. The summed E-state index contributed by atoms with van der Waals surface area (Å²) in [4.78, 5) is 15.4. The van der Waals surface area contributed by atoms with Gasteiger partial charge >= 0.3 is 6.18 Å². The lowest BCUT2D eigenvalue weighted by Crippen LogP contribution is -2.28. The normalized spacial score (nSPS) is 12.0. The van der Waals surface area contributed by atoms with Crippen molar-refractivity contribution in [2.24, 2.45) is 0 Å². The Balaban J connectivity index is 2.90. The molecule has 0 aliphatic heterocycles. The first kappa shape index (κ1) is 11.9. The fourth-order valence-corrected chi connectivity index (χ4v) is 1.76. The third-order valence-corrected chi connectivity index (χ3v) is 2.53. The fourth-order valence-electron chi connectivity index (χ4n) is 1.52. The molecular formula is C10H6ClF3N2O. The topological polar surface area (TPSA) is 34.9 Å². The van der Waals surface area contributed by atoms with Gasteiger partial charge in [-0.05, 0) is 18.2 Å². The van der Waals surface area contributed by atoms with Gasteiger partial charge < -0.3 is 0 Å². The lowest BCUT2D eigenvalue weighted by molar-refractivity contribution is -0.138. The maximum atomic E-state index is 12.6. The van der Waals surface area contributed by atoms with Crippen LogP contribution in [0.25, 0.3) is 11.0 Å². The molecule has 0 aliphatic carbocycles. The van der Waals surface area contributed by atoms with Crippen LogP contribution in [0.5, 0.6) is 0 Å². The second-order valence-electron chi connectivity index (χ2n) is 3.32. The molecule has 2 heterocycles. The first-order valence-corrected chi connectivity index (χ1v) is 5.10. The maximum Gasteiger partial charge on any atom is 0.421 e. The van der Waals surface area contributed by atoms with Crippen LogP contribution in [-0.2, 0) is 12.2 Å². The van der Waals surface area contributed by atoms with E-state index < -0.39 is 17.3 Å². The molecule has 0 spiro atoms. The maximum absolute atomic E-state index is 12.6. The van der Waals surface area contributed by atoms with E-state index in [4.69, 9.17) is 11.6 Å². The lowest BCUT2D eigenvalue weighted by atomic mass is 10.2. The summed E-state index contributed by atoms with van der Waals surface area (Å²) in [5.41, 5.74) is -2.06. The summed E-state index contributed by atoms with van der Waals surface area (Å²) in [5, 5.41) is 0. The zero-order valence-corrected chi connectivity index (χ0v) is 9.09. The number of pyridine rings is 2. The van der Waals surface area contributed by atoms with Crippen molar-refractivity contribution in [2.75, 3.05) is 0 Å². The predicted molar refractivity (Wildman–Crippen MR) is 56.9 cm³/mol. The molecule has 0 N–H and O–H groups in total. The molecule has 0 aromatic carbocycles. The highest BCUT2D eigenvalue weighted by Crippen LogP contribution is 2.28. The van der Waals surface area contributed by atoms with Gasteiger partial charge in [0.2, 0.25) is 0 Å². The molecule has 3 nitrogen and oxygen atoms in total. The van der Waals surface area contributed by atoms with Gasteiger partial charge in [-0.25, -0.2) is 0 Å². The molecule has 0 radical (unpaired) electrons. The Morgan fingerprint density at radius 1 is 1.41 bits per heavy atom. The van der Waals surface area contributed by atoms with Gasteiger partial charge in [-0.1, -0.05) is 0 Å². The molecule has 0 saturated heterocycles. The van der Waals surface area contributed by atoms with E-state index in [0.29, 0.717) is 0 Å². The zero-order chi connectivity index (χ0) is 12.6. The number of aromatic nitrogens is 2. The Morgan fingerprint density at radius 2 is 2.12 bits per heavy atom. The van der Waals surface area contributed by atoms with E-state index in [0.717, 1.165) is 10.6 Å². The number of hydrogen-bond acceptors (Lipinski definition) is 2. The van der Waals surface area contributed by atoms with Crippen LogP contribution in [0.4, 0.5) is 13.2 Å². The summed E-state index contributed by atoms with van der Waals surface area (Å²) < 4.78 is 38.7. The van der Waals surface area contributed by atoms with Crippen molar-refractivity contribution in [1.82, 2.24) is 9.55 Å². The molecule has 0 unspecified atom stereocenters. The van der Waals surface area contributed by atoms with Crippen molar-refractivity contribution < 1.29 is 13.2 Å². The van der Waals surface area contributed by atoms with Crippen molar-refractivity contribution in [1.29, 1.82) is 0 Å². The molecule has 0 fully saturated rings. The van der Waals surface area contributed by atoms with Crippen molar-refractivity contribution >= 4 is 22.6 Å². The summed E-state index contributed by atoms with van der Waals surface area (Å²) >= 11 is 5.50. The Morgan fingerprint density at radius 3 is 2.71 bits per heavy atom. The quantitative estimate of drug-likeness (QED) is 0.741. The highest BCUT2D eigenvalue weighted by molar-refractivity contribution is 6.15. The fraction of sp³-hybridized carbons (Fsp3) is 0.200. The molecule has 7 heteroatoms. The first-order valence-electron chi connectivity index (χ1n) is 4.57. The standard InChI is InChI=1S/C10H6ClF3N2O/c11-5-16-8-2-1-3-15-7(8)4-6(9(16)17)10(12,13)14/h1-4H,5H2. The average Bonchev–Trinajstić information content (AvgIpc) is 2.27. The van der Waals surface area contributed by atoms with Crippen LogP contribution in [0.1, 0.15) is 5.56 Å². The number of fused-ring (bicyclic) bond motifs is 1. The Hall–Kier alpha value is -1.56. The minimum Gasteiger partial charge on any atom is -0.292 e. The largest absolute Gasteiger partial charge is 0.421 e. The number of rotatable bonds is 1. The minimum atomic E-state index is -4.71. The van der Waals surface area contributed by atoms with Crippen LogP contribution in [0.3, 0.4) is 0 Å². The van der Waals surface area contributed by atoms with Crippen molar-refractivity contribution in [3.05, 3.63) is 40.3 Å². The summed E-state index contributed by atoms with van der Waals surface area (Å²) in [5.74, 6) is 0. The van der Waals surface area contributed by atoms with Crippen LogP contribution < -0.4 is 5.56 Å². The number of alkyl halides is 4. The van der Waals surface area contributed by atoms with Crippen LogP contribution in [-0.4, -0.2) is 9.55 Å². The number of hydrogen-bond donors (Lipinski definition) is 0. The smallest absolute Gasteiger partial charge is 0.292 e. The summed E-state index contributed by atoms with van der Waals surface area (Å²) in [6, 6.07) is 3.40. The highest BCUT2D eigenvalue weighted by atomic mass is 35.5. The Labute approximate surface area is 98.5 Å². The van der Waals surface area contributed by atoms with Gasteiger partial charge in [-0.15, -0.1) is 11.6 Å². The van der Waals surface area contributed by atoms with E-state index in [-0.39, 0.29) is 17.0 Å². The van der Waals surface area contributed by atoms with Crippen LogP contribution >= 0.6 is 11.6 Å². The second kappa shape index (κ2) is 4.03. The zero-order valence-electron chi connectivity index (χ0n) is 8.33. The van der Waals surface area contributed by atoms with E-state index in [9.17, 15) is 18.0 Å². The highest BCUT2D eigenvalue weighted by Gasteiger charge is 2.35. The summed E-state index contributed by atoms with van der Waals surface area (Å²) in [6.45, 7) is 0. The molecule has 2 aromatic heterocycles. The van der Waals surface area contributed by atoms with Gasteiger partial charge in [0.05, 0.1) is 11.0 Å². The molecule has 2 rings (SSSR count). The Bertz CT molecular complexity index is 621. The predicted octanol–water partition coefficient (Wildman–Crippen LogP) is 2.61. The molecule has 0 atom stereocenters. The van der Waals surface area contributed by atoms with Gasteiger partial charge in [-0.2, -0.15) is 13.2 Å². The molecule has 2 aromatic rings. The van der Waals surface area contributed by atoms with E-state index in [1.54, 1.807) is 0 Å². The number of nitrogens with zero attached hydrogens (tertiary/aromatic N) is 2. The molecule has 0 bridgehead atoms. The monoisotopic (exact) mass is 262 g/mol. The van der Waals surface area contributed by atoms with Gasteiger partial charge in [0.15, 0.2) is 0 Å². The molecule has 0 amide bonds. The van der Waals surface area contributed by atoms with Crippen LogP contribution in [0.15, 0.2) is 29.2 Å². The van der Waals surface area contributed by atoms with Crippen LogP contribution in [0, 0.1) is 0 Å². The van der Waals surface area contributed by atoms with Gasteiger partial charge in [-0.3, -0.25) is 14.3 Å².